The minimum Gasteiger partial charge on any atom is -0.472 e. The highest BCUT2D eigenvalue weighted by molar-refractivity contribution is 6.12. The van der Waals surface area contributed by atoms with Gasteiger partial charge in [-0.25, -0.2) is 9.50 Å². The van der Waals surface area contributed by atoms with Crippen LogP contribution in [0.1, 0.15) is 15.9 Å². The van der Waals surface area contributed by atoms with Gasteiger partial charge < -0.3 is 4.42 Å². The molecular weight excluding hydrogens is 280 g/mol. The fraction of sp³-hybridized carbons (Fsp3) is 0. The van der Waals surface area contributed by atoms with Gasteiger partial charge in [0.15, 0.2) is 5.65 Å². The molecule has 0 saturated heterocycles. The normalized spacial score (nSPS) is 10.9. The van der Waals surface area contributed by atoms with Crippen LogP contribution < -0.4 is 0 Å². The molecule has 0 radical (unpaired) electrons. The molecule has 0 bridgehead atoms. The number of hydrogen-bond donors (Lipinski definition) is 0. The molecule has 0 fully saturated rings. The van der Waals surface area contributed by atoms with Crippen molar-refractivity contribution in [2.24, 2.45) is 0 Å². The largest absolute Gasteiger partial charge is 0.472 e. The number of carbonyl (C=O) groups is 1. The summed E-state index contributed by atoms with van der Waals surface area (Å²) in [6, 6.07) is 7.24. The van der Waals surface area contributed by atoms with E-state index >= 15 is 0 Å². The van der Waals surface area contributed by atoms with E-state index in [-0.39, 0.29) is 5.78 Å². The molecule has 4 aromatic rings. The summed E-state index contributed by atoms with van der Waals surface area (Å²) in [7, 11) is 0. The van der Waals surface area contributed by atoms with Crippen LogP contribution in [0.2, 0.25) is 0 Å². The molecule has 0 aromatic carbocycles. The van der Waals surface area contributed by atoms with E-state index < -0.39 is 0 Å². The second kappa shape index (κ2) is 4.92. The summed E-state index contributed by atoms with van der Waals surface area (Å²) >= 11 is 0. The van der Waals surface area contributed by atoms with Gasteiger partial charge in [-0.05, 0) is 24.3 Å². The third-order valence-electron chi connectivity index (χ3n) is 3.41. The van der Waals surface area contributed by atoms with Crippen molar-refractivity contribution in [1.82, 2.24) is 19.6 Å². The average molecular weight is 290 g/mol. The van der Waals surface area contributed by atoms with Crippen LogP contribution >= 0.6 is 0 Å². The molecule has 0 aliphatic carbocycles. The van der Waals surface area contributed by atoms with E-state index in [2.05, 4.69) is 15.1 Å². The molecule has 22 heavy (non-hydrogen) atoms. The first-order valence-corrected chi connectivity index (χ1v) is 6.64. The van der Waals surface area contributed by atoms with E-state index in [0.717, 1.165) is 11.3 Å². The van der Waals surface area contributed by atoms with Gasteiger partial charge in [0.1, 0.15) is 6.26 Å². The fourth-order valence-corrected chi connectivity index (χ4v) is 2.34. The quantitative estimate of drug-likeness (QED) is 0.542. The summed E-state index contributed by atoms with van der Waals surface area (Å²) in [6.45, 7) is 0. The molecular formula is C16H10N4O2. The number of aromatic nitrogens is 4. The number of rotatable bonds is 3. The molecule has 0 N–H and O–H groups in total. The molecule has 0 aliphatic heterocycles. The van der Waals surface area contributed by atoms with Crippen molar-refractivity contribution in [1.29, 1.82) is 0 Å². The molecule has 0 unspecified atom stereocenters. The Bertz CT molecular complexity index is 943. The van der Waals surface area contributed by atoms with Crippen LogP contribution in [0.25, 0.3) is 16.9 Å². The second-order valence-electron chi connectivity index (χ2n) is 4.70. The maximum absolute atomic E-state index is 12.5. The maximum atomic E-state index is 12.5. The molecule has 0 spiro atoms. The van der Waals surface area contributed by atoms with E-state index in [1.165, 1.54) is 18.7 Å². The first-order valence-electron chi connectivity index (χ1n) is 6.64. The minimum absolute atomic E-state index is 0.164. The topological polar surface area (TPSA) is 73.3 Å². The zero-order chi connectivity index (χ0) is 14.9. The predicted molar refractivity (Wildman–Crippen MR) is 78.4 cm³/mol. The summed E-state index contributed by atoms with van der Waals surface area (Å²) in [5.74, 6) is -0.164. The molecule has 0 saturated carbocycles. The Labute approximate surface area is 125 Å². The zero-order valence-electron chi connectivity index (χ0n) is 11.4. The van der Waals surface area contributed by atoms with Gasteiger partial charge in [0, 0.05) is 24.2 Å². The highest BCUT2D eigenvalue weighted by Gasteiger charge is 2.18. The van der Waals surface area contributed by atoms with Crippen molar-refractivity contribution in [3.05, 3.63) is 72.7 Å². The lowest BCUT2D eigenvalue weighted by atomic mass is 10.1. The summed E-state index contributed by atoms with van der Waals surface area (Å²) in [5, 5.41) is 4.31. The Balaban J connectivity index is 1.89. The Morgan fingerprint density at radius 1 is 1.09 bits per heavy atom. The molecule has 0 atom stereocenters. The van der Waals surface area contributed by atoms with Gasteiger partial charge >= 0.3 is 0 Å². The Morgan fingerprint density at radius 3 is 2.73 bits per heavy atom. The Hall–Kier alpha value is -3.28. The SMILES string of the molecule is O=C(c1ccoc1)c1cnn2c(-c3ccncc3)ccnc12. The van der Waals surface area contributed by atoms with Crippen LogP contribution in [0.3, 0.4) is 0 Å². The lowest BCUT2D eigenvalue weighted by molar-refractivity contribution is 0.103. The van der Waals surface area contributed by atoms with Crippen molar-refractivity contribution in [2.75, 3.05) is 0 Å². The van der Waals surface area contributed by atoms with Gasteiger partial charge in [-0.2, -0.15) is 5.10 Å². The van der Waals surface area contributed by atoms with Crippen molar-refractivity contribution < 1.29 is 9.21 Å². The minimum atomic E-state index is -0.164. The van der Waals surface area contributed by atoms with Crippen molar-refractivity contribution in [2.45, 2.75) is 0 Å². The summed E-state index contributed by atoms with van der Waals surface area (Å²) in [6.07, 6.45) is 9.50. The molecule has 4 aromatic heterocycles. The lowest BCUT2D eigenvalue weighted by Gasteiger charge is -2.04. The van der Waals surface area contributed by atoms with Crippen LogP contribution in [0, 0.1) is 0 Å². The molecule has 106 valence electrons. The van der Waals surface area contributed by atoms with Crippen LogP contribution in [0.15, 0.2) is 66.0 Å². The molecule has 0 aliphatic rings. The number of carbonyl (C=O) groups excluding carboxylic acids is 1. The van der Waals surface area contributed by atoms with Gasteiger partial charge in [-0.1, -0.05) is 0 Å². The zero-order valence-corrected chi connectivity index (χ0v) is 11.4. The highest BCUT2D eigenvalue weighted by Crippen LogP contribution is 2.21. The smallest absolute Gasteiger partial charge is 0.201 e. The van der Waals surface area contributed by atoms with E-state index in [4.69, 9.17) is 4.42 Å². The number of nitrogens with zero attached hydrogens (tertiary/aromatic N) is 4. The maximum Gasteiger partial charge on any atom is 0.201 e. The second-order valence-corrected chi connectivity index (χ2v) is 4.70. The Kier molecular flexibility index (Phi) is 2.79. The third-order valence-corrected chi connectivity index (χ3v) is 3.41. The fourth-order valence-electron chi connectivity index (χ4n) is 2.34. The van der Waals surface area contributed by atoms with Crippen LogP contribution in [-0.4, -0.2) is 25.4 Å². The van der Waals surface area contributed by atoms with E-state index in [9.17, 15) is 4.79 Å². The van der Waals surface area contributed by atoms with Crippen LogP contribution in [0.4, 0.5) is 0 Å². The monoisotopic (exact) mass is 290 g/mol. The number of fused-ring (bicyclic) bond motifs is 1. The summed E-state index contributed by atoms with van der Waals surface area (Å²) < 4.78 is 6.62. The summed E-state index contributed by atoms with van der Waals surface area (Å²) in [4.78, 5) is 20.8. The number of hydrogen-bond acceptors (Lipinski definition) is 5. The van der Waals surface area contributed by atoms with Gasteiger partial charge in [0.2, 0.25) is 5.78 Å². The molecule has 0 amide bonds. The van der Waals surface area contributed by atoms with Gasteiger partial charge in [-0.15, -0.1) is 0 Å². The summed E-state index contributed by atoms with van der Waals surface area (Å²) in [5.41, 5.74) is 3.23. The first-order chi connectivity index (χ1) is 10.8. The average Bonchev–Trinajstić information content (AvgIpc) is 3.24. The predicted octanol–water partition coefficient (Wildman–Crippen LogP) is 2.62. The highest BCUT2D eigenvalue weighted by atomic mass is 16.3. The van der Waals surface area contributed by atoms with Gasteiger partial charge in [0.05, 0.1) is 29.3 Å². The number of ketones is 1. The third kappa shape index (κ3) is 1.89. The molecule has 6 heteroatoms. The Morgan fingerprint density at radius 2 is 1.95 bits per heavy atom. The van der Waals surface area contributed by atoms with Crippen molar-refractivity contribution in [3.8, 4) is 11.3 Å². The number of furan rings is 1. The van der Waals surface area contributed by atoms with Gasteiger partial charge in [-0.3, -0.25) is 9.78 Å². The van der Waals surface area contributed by atoms with Crippen LogP contribution in [-0.2, 0) is 0 Å². The first kappa shape index (κ1) is 12.5. The molecule has 4 rings (SSSR count). The van der Waals surface area contributed by atoms with E-state index in [1.807, 2.05) is 18.2 Å². The van der Waals surface area contributed by atoms with E-state index in [0.29, 0.717) is 16.8 Å². The van der Waals surface area contributed by atoms with E-state index in [1.54, 1.807) is 29.2 Å². The van der Waals surface area contributed by atoms with Crippen molar-refractivity contribution >= 4 is 11.4 Å². The van der Waals surface area contributed by atoms with Crippen LogP contribution in [0.5, 0.6) is 0 Å². The molecule has 6 nitrogen and oxygen atoms in total. The molecule has 4 heterocycles. The van der Waals surface area contributed by atoms with Crippen molar-refractivity contribution in [3.63, 3.8) is 0 Å². The standard InChI is InChI=1S/C16H10N4O2/c21-15(12-4-8-22-10-12)13-9-19-20-14(3-7-18-16(13)20)11-1-5-17-6-2-11/h1-10H. The lowest BCUT2D eigenvalue weighted by Crippen LogP contribution is -2.01. The number of pyridine rings is 1. The van der Waals surface area contributed by atoms with Gasteiger partial charge in [0.25, 0.3) is 0 Å².